The predicted molar refractivity (Wildman–Crippen MR) is 70.5 cm³/mol. The molecule has 0 aliphatic heterocycles. The Labute approximate surface area is 107 Å². The van der Waals surface area contributed by atoms with E-state index in [4.69, 9.17) is 5.73 Å². The van der Waals surface area contributed by atoms with Crippen LogP contribution in [0.2, 0.25) is 0 Å². The van der Waals surface area contributed by atoms with Gasteiger partial charge in [-0.05, 0) is 32.0 Å². The van der Waals surface area contributed by atoms with Crippen LogP contribution in [0.5, 0.6) is 5.75 Å². The van der Waals surface area contributed by atoms with Gasteiger partial charge in [-0.2, -0.15) is 0 Å². The summed E-state index contributed by atoms with van der Waals surface area (Å²) in [6.07, 6.45) is 2.50. The van der Waals surface area contributed by atoms with Crippen molar-refractivity contribution in [2.24, 2.45) is 0 Å². The van der Waals surface area contributed by atoms with Crippen LogP contribution >= 0.6 is 0 Å². The minimum absolute atomic E-state index is 0.148. The number of nitrogens with one attached hydrogen (secondary N) is 1. The van der Waals surface area contributed by atoms with Crippen LogP contribution in [0.1, 0.15) is 23.2 Å². The first kappa shape index (κ1) is 12.7. The first-order valence-electron chi connectivity index (χ1n) is 6.15. The van der Waals surface area contributed by atoms with Crippen molar-refractivity contribution in [1.29, 1.82) is 0 Å². The van der Waals surface area contributed by atoms with Gasteiger partial charge in [-0.15, -0.1) is 0 Å². The summed E-state index contributed by atoms with van der Waals surface area (Å²) in [5.41, 5.74) is 5.99. The number of carbonyl (C=O) groups is 1. The number of anilines is 1. The van der Waals surface area contributed by atoms with Gasteiger partial charge in [0.2, 0.25) is 0 Å². The summed E-state index contributed by atoms with van der Waals surface area (Å²) in [5, 5.41) is 12.5. The Hall–Kier alpha value is -1.75. The summed E-state index contributed by atoms with van der Waals surface area (Å²) in [7, 11) is 2.06. The predicted octanol–water partition coefficient (Wildman–Crippen LogP) is 0.798. The van der Waals surface area contributed by atoms with Crippen LogP contribution in [0.3, 0.4) is 0 Å². The lowest BCUT2D eigenvalue weighted by Crippen LogP contribution is -2.34. The second-order valence-electron chi connectivity index (χ2n) is 4.71. The zero-order chi connectivity index (χ0) is 13.1. The molecule has 1 amide bonds. The maximum atomic E-state index is 11.8. The van der Waals surface area contributed by atoms with Gasteiger partial charge in [-0.1, -0.05) is 6.07 Å². The summed E-state index contributed by atoms with van der Waals surface area (Å²) < 4.78 is 0. The molecular formula is C13H19N3O2. The van der Waals surface area contributed by atoms with E-state index in [9.17, 15) is 9.90 Å². The number of para-hydroxylation sites is 1. The van der Waals surface area contributed by atoms with Crippen molar-refractivity contribution in [1.82, 2.24) is 10.2 Å². The minimum Gasteiger partial charge on any atom is -0.505 e. The zero-order valence-electron chi connectivity index (χ0n) is 10.5. The van der Waals surface area contributed by atoms with E-state index >= 15 is 0 Å². The van der Waals surface area contributed by atoms with Crippen molar-refractivity contribution in [2.75, 3.05) is 25.9 Å². The summed E-state index contributed by atoms with van der Waals surface area (Å²) in [6.45, 7) is 1.39. The van der Waals surface area contributed by atoms with E-state index < -0.39 is 0 Å². The highest BCUT2D eigenvalue weighted by Crippen LogP contribution is 2.25. The molecular weight excluding hydrogens is 230 g/mol. The quantitative estimate of drug-likeness (QED) is 0.533. The molecule has 0 bridgehead atoms. The molecule has 0 unspecified atom stereocenters. The second-order valence-corrected chi connectivity index (χ2v) is 4.71. The third kappa shape index (κ3) is 2.92. The number of nitrogen functional groups attached to an aromatic ring is 1. The number of likely N-dealkylation sites (N-methyl/N-ethyl adjacent to an activating group) is 1. The molecule has 4 N–H and O–H groups in total. The fraction of sp³-hybridized carbons (Fsp3) is 0.462. The number of aromatic hydroxyl groups is 1. The molecule has 5 heteroatoms. The smallest absolute Gasteiger partial charge is 0.255 e. The SMILES string of the molecule is CN(CCNC(=O)c1cccc(N)c1O)C1CC1. The van der Waals surface area contributed by atoms with E-state index in [2.05, 4.69) is 17.3 Å². The minimum atomic E-state index is -0.288. The van der Waals surface area contributed by atoms with Crippen molar-refractivity contribution in [3.05, 3.63) is 23.8 Å². The average Bonchev–Trinajstić information content (AvgIpc) is 3.16. The lowest BCUT2D eigenvalue weighted by molar-refractivity contribution is 0.0947. The summed E-state index contributed by atoms with van der Waals surface area (Å²) in [4.78, 5) is 14.1. The van der Waals surface area contributed by atoms with Crippen molar-refractivity contribution >= 4 is 11.6 Å². The molecule has 0 atom stereocenters. The largest absolute Gasteiger partial charge is 0.505 e. The van der Waals surface area contributed by atoms with Gasteiger partial charge in [-0.25, -0.2) is 0 Å². The second kappa shape index (κ2) is 5.27. The monoisotopic (exact) mass is 249 g/mol. The van der Waals surface area contributed by atoms with E-state index in [-0.39, 0.29) is 22.9 Å². The first-order valence-corrected chi connectivity index (χ1v) is 6.15. The maximum absolute atomic E-state index is 11.8. The number of hydrogen-bond acceptors (Lipinski definition) is 4. The van der Waals surface area contributed by atoms with Crippen molar-refractivity contribution in [2.45, 2.75) is 18.9 Å². The van der Waals surface area contributed by atoms with E-state index in [0.29, 0.717) is 12.6 Å². The molecule has 0 spiro atoms. The third-order valence-electron chi connectivity index (χ3n) is 3.23. The Kier molecular flexibility index (Phi) is 3.72. The van der Waals surface area contributed by atoms with Crippen LogP contribution in [-0.2, 0) is 0 Å². The third-order valence-corrected chi connectivity index (χ3v) is 3.23. The molecule has 1 aliphatic rings. The fourth-order valence-electron chi connectivity index (χ4n) is 1.88. The van der Waals surface area contributed by atoms with Crippen molar-refractivity contribution in [3.8, 4) is 5.75 Å². The molecule has 1 saturated carbocycles. The number of nitrogens with two attached hydrogens (primary N) is 1. The zero-order valence-corrected chi connectivity index (χ0v) is 10.5. The fourth-order valence-corrected chi connectivity index (χ4v) is 1.88. The molecule has 5 nitrogen and oxygen atoms in total. The molecule has 18 heavy (non-hydrogen) atoms. The Bertz CT molecular complexity index is 444. The van der Waals surface area contributed by atoms with Gasteiger partial charge in [0.05, 0.1) is 11.3 Å². The van der Waals surface area contributed by atoms with Gasteiger partial charge in [0.25, 0.3) is 5.91 Å². The number of benzene rings is 1. The maximum Gasteiger partial charge on any atom is 0.255 e. The van der Waals surface area contributed by atoms with Crippen LogP contribution in [0, 0.1) is 0 Å². The topological polar surface area (TPSA) is 78.6 Å². The summed E-state index contributed by atoms with van der Waals surface area (Å²) >= 11 is 0. The number of phenolic OH excluding ortho intramolecular Hbond substituents is 1. The Balaban J connectivity index is 1.85. The van der Waals surface area contributed by atoms with Crippen molar-refractivity contribution in [3.63, 3.8) is 0 Å². The Morgan fingerprint density at radius 1 is 1.56 bits per heavy atom. The Morgan fingerprint density at radius 3 is 2.94 bits per heavy atom. The number of amides is 1. The number of phenols is 1. The van der Waals surface area contributed by atoms with Crippen LogP contribution < -0.4 is 11.1 Å². The van der Waals surface area contributed by atoms with Crippen LogP contribution in [0.25, 0.3) is 0 Å². The number of nitrogens with zero attached hydrogens (tertiary/aromatic N) is 1. The normalized spacial score (nSPS) is 14.8. The molecule has 1 aliphatic carbocycles. The van der Waals surface area contributed by atoms with Crippen molar-refractivity contribution < 1.29 is 9.90 Å². The first-order chi connectivity index (χ1) is 8.59. The number of rotatable bonds is 5. The molecule has 0 heterocycles. The van der Waals surface area contributed by atoms with Crippen LogP contribution in [0.4, 0.5) is 5.69 Å². The van der Waals surface area contributed by atoms with Gasteiger partial charge in [0.1, 0.15) is 0 Å². The highest BCUT2D eigenvalue weighted by atomic mass is 16.3. The number of hydrogen-bond donors (Lipinski definition) is 3. The van der Waals surface area contributed by atoms with E-state index in [1.54, 1.807) is 18.2 Å². The van der Waals surface area contributed by atoms with Crippen LogP contribution in [0.15, 0.2) is 18.2 Å². The Morgan fingerprint density at radius 2 is 2.28 bits per heavy atom. The summed E-state index contributed by atoms with van der Waals surface area (Å²) in [6, 6.07) is 5.46. The summed E-state index contributed by atoms with van der Waals surface area (Å²) in [5.74, 6) is -0.436. The molecule has 1 aromatic rings. The highest BCUT2D eigenvalue weighted by Gasteiger charge is 2.25. The highest BCUT2D eigenvalue weighted by molar-refractivity contribution is 5.98. The van der Waals surface area contributed by atoms with E-state index in [1.165, 1.54) is 12.8 Å². The molecule has 2 rings (SSSR count). The average molecular weight is 249 g/mol. The molecule has 0 aromatic heterocycles. The standard InChI is InChI=1S/C13H19N3O2/c1-16(9-5-6-9)8-7-15-13(18)10-3-2-4-11(14)12(10)17/h2-4,9,17H,5-8,14H2,1H3,(H,15,18). The van der Waals surface area contributed by atoms with Gasteiger partial charge in [0, 0.05) is 19.1 Å². The van der Waals surface area contributed by atoms with Crippen LogP contribution in [-0.4, -0.2) is 42.1 Å². The van der Waals surface area contributed by atoms with E-state index in [1.807, 2.05) is 0 Å². The van der Waals surface area contributed by atoms with E-state index in [0.717, 1.165) is 6.54 Å². The molecule has 1 aromatic carbocycles. The van der Waals surface area contributed by atoms with Gasteiger partial charge >= 0.3 is 0 Å². The van der Waals surface area contributed by atoms with Gasteiger partial charge in [-0.3, -0.25) is 4.79 Å². The van der Waals surface area contributed by atoms with Gasteiger partial charge in [0.15, 0.2) is 5.75 Å². The molecule has 0 saturated heterocycles. The lowest BCUT2D eigenvalue weighted by atomic mass is 10.1. The van der Waals surface area contributed by atoms with Gasteiger partial charge < -0.3 is 21.1 Å². The molecule has 98 valence electrons. The molecule has 1 fully saturated rings. The molecule has 0 radical (unpaired) electrons. The lowest BCUT2D eigenvalue weighted by Gasteiger charge is -2.16. The number of carbonyl (C=O) groups excluding carboxylic acids is 1.